The predicted molar refractivity (Wildman–Crippen MR) is 144 cm³/mol. The van der Waals surface area contributed by atoms with E-state index >= 15 is 0 Å². The summed E-state index contributed by atoms with van der Waals surface area (Å²) in [5, 5.41) is 13.3. The molecule has 38 heavy (non-hydrogen) atoms. The number of hydrogen-bond acceptors (Lipinski definition) is 7. The molecule has 1 N–H and O–H groups in total. The van der Waals surface area contributed by atoms with Gasteiger partial charge in [0.15, 0.2) is 0 Å². The topological polar surface area (TPSA) is 81.0 Å². The van der Waals surface area contributed by atoms with Gasteiger partial charge in [0.05, 0.1) is 28.1 Å². The molecule has 0 radical (unpaired) electrons. The van der Waals surface area contributed by atoms with Gasteiger partial charge < -0.3 is 10.1 Å². The van der Waals surface area contributed by atoms with Crippen LogP contribution in [0.3, 0.4) is 0 Å². The first-order valence-corrected chi connectivity index (χ1v) is 12.8. The highest BCUT2D eigenvalue weighted by atomic mass is 35.5. The zero-order valence-corrected chi connectivity index (χ0v) is 21.3. The van der Waals surface area contributed by atoms with Crippen LogP contribution in [-0.2, 0) is 13.2 Å². The molecule has 3 aromatic carbocycles. The minimum atomic E-state index is -0.302. The third-order valence-electron chi connectivity index (χ3n) is 6.49. The molecule has 3 heterocycles. The number of anilines is 2. The lowest BCUT2D eigenvalue weighted by Gasteiger charge is -2.12. The van der Waals surface area contributed by atoms with E-state index in [-0.39, 0.29) is 12.4 Å². The summed E-state index contributed by atoms with van der Waals surface area (Å²) >= 11 is 6.49. The maximum absolute atomic E-state index is 13.4. The lowest BCUT2D eigenvalue weighted by molar-refractivity contribution is 0.306. The van der Waals surface area contributed by atoms with Crippen LogP contribution in [0.5, 0.6) is 5.75 Å². The van der Waals surface area contributed by atoms with E-state index in [2.05, 4.69) is 30.5 Å². The Balaban J connectivity index is 1.20. The van der Waals surface area contributed by atoms with E-state index < -0.39 is 0 Å². The van der Waals surface area contributed by atoms with Gasteiger partial charge in [0.25, 0.3) is 0 Å². The van der Waals surface area contributed by atoms with Crippen molar-refractivity contribution in [3.05, 3.63) is 95.3 Å². The normalized spacial score (nSPS) is 13.7. The molecule has 192 valence electrons. The zero-order valence-electron chi connectivity index (χ0n) is 20.5. The summed E-state index contributed by atoms with van der Waals surface area (Å²) in [6.45, 7) is 3.25. The van der Waals surface area contributed by atoms with Gasteiger partial charge in [-0.05, 0) is 80.0 Å². The number of benzene rings is 3. The van der Waals surface area contributed by atoms with Crippen LogP contribution in [0.2, 0.25) is 5.02 Å². The second-order valence-electron chi connectivity index (χ2n) is 9.25. The Bertz CT molecular complexity index is 1590. The first-order chi connectivity index (χ1) is 18.6. The molecule has 5 aromatic rings. The molecule has 0 saturated carbocycles. The Labute approximate surface area is 224 Å². The third kappa shape index (κ3) is 5.44. The molecule has 6 rings (SSSR count). The first-order valence-electron chi connectivity index (χ1n) is 12.4. The lowest BCUT2D eigenvalue weighted by Crippen LogP contribution is -2.18. The first kappa shape index (κ1) is 24.3. The van der Waals surface area contributed by atoms with Gasteiger partial charge in [-0.2, -0.15) is 0 Å². The van der Waals surface area contributed by atoms with Gasteiger partial charge >= 0.3 is 0 Å². The minimum absolute atomic E-state index is 0.214. The lowest BCUT2D eigenvalue weighted by atomic mass is 10.2. The average Bonchev–Trinajstić information content (AvgIpc) is 3.61. The summed E-state index contributed by atoms with van der Waals surface area (Å²) < 4.78 is 21.0. The van der Waals surface area contributed by atoms with Crippen molar-refractivity contribution in [2.24, 2.45) is 0 Å². The Morgan fingerprint density at radius 1 is 1.00 bits per heavy atom. The fraction of sp³-hybridized carbons (Fsp3) is 0.214. The summed E-state index contributed by atoms with van der Waals surface area (Å²) in [4.78, 5) is 11.3. The fourth-order valence-electron chi connectivity index (χ4n) is 4.57. The van der Waals surface area contributed by atoms with E-state index in [0.29, 0.717) is 16.6 Å². The third-order valence-corrected chi connectivity index (χ3v) is 6.78. The van der Waals surface area contributed by atoms with Gasteiger partial charge in [0.2, 0.25) is 0 Å². The number of rotatable bonds is 8. The number of aromatic nitrogens is 5. The van der Waals surface area contributed by atoms with E-state index in [1.54, 1.807) is 28.9 Å². The van der Waals surface area contributed by atoms with Crippen molar-refractivity contribution in [3.8, 4) is 11.4 Å². The highest BCUT2D eigenvalue weighted by Crippen LogP contribution is 2.31. The number of hydrogen-bond donors (Lipinski definition) is 1. The number of nitrogens with one attached hydrogen (secondary N) is 1. The van der Waals surface area contributed by atoms with Crippen molar-refractivity contribution in [2.75, 3.05) is 18.4 Å². The molecule has 8 nitrogen and oxygen atoms in total. The van der Waals surface area contributed by atoms with Gasteiger partial charge in [-0.15, -0.1) is 5.10 Å². The highest BCUT2D eigenvalue weighted by Gasteiger charge is 2.15. The second-order valence-corrected chi connectivity index (χ2v) is 9.66. The van der Waals surface area contributed by atoms with Gasteiger partial charge in [-0.3, -0.25) is 4.90 Å². The van der Waals surface area contributed by atoms with E-state index in [0.717, 1.165) is 53.2 Å². The van der Waals surface area contributed by atoms with Gasteiger partial charge in [0, 0.05) is 17.6 Å². The molecule has 1 saturated heterocycles. The van der Waals surface area contributed by atoms with E-state index in [1.807, 2.05) is 30.5 Å². The predicted octanol–water partition coefficient (Wildman–Crippen LogP) is 5.92. The SMILES string of the molecule is Fc1cccc(COc2ccc(Nc3ncnc4ccc(-n5cc(CN6CCCC6)nn5)cc34)cc2Cl)c1. The van der Waals surface area contributed by atoms with Crippen LogP contribution in [0.15, 0.2) is 73.2 Å². The minimum Gasteiger partial charge on any atom is -0.487 e. The molecule has 2 aromatic heterocycles. The van der Waals surface area contributed by atoms with E-state index in [1.165, 1.54) is 31.3 Å². The number of fused-ring (bicyclic) bond motifs is 1. The molecular formula is C28H25ClFN7O. The molecule has 0 bridgehead atoms. The van der Waals surface area contributed by atoms with Crippen LogP contribution in [0.1, 0.15) is 24.1 Å². The molecule has 0 unspecified atom stereocenters. The monoisotopic (exact) mass is 529 g/mol. The standard InChI is InChI=1S/C28H25ClFN7O/c29-25-13-21(6-9-27(25)38-17-19-4-3-5-20(30)12-19)33-28-24-14-23(7-8-26(24)31-18-32-28)37-16-22(34-35-37)15-36-10-1-2-11-36/h3-9,12-14,16,18H,1-2,10-11,15,17H2,(H,31,32,33). The van der Waals surface area contributed by atoms with E-state index in [4.69, 9.17) is 16.3 Å². The Hall–Kier alpha value is -4.08. The Morgan fingerprint density at radius 3 is 2.74 bits per heavy atom. The van der Waals surface area contributed by atoms with Gasteiger partial charge in [-0.25, -0.2) is 19.0 Å². The molecular weight excluding hydrogens is 505 g/mol. The van der Waals surface area contributed by atoms with Crippen LogP contribution in [-0.4, -0.2) is 43.0 Å². The molecule has 0 spiro atoms. The number of nitrogens with zero attached hydrogens (tertiary/aromatic N) is 6. The van der Waals surface area contributed by atoms with Gasteiger partial charge in [0.1, 0.15) is 30.3 Å². The number of likely N-dealkylation sites (tertiary alicyclic amines) is 1. The largest absolute Gasteiger partial charge is 0.487 e. The summed E-state index contributed by atoms with van der Waals surface area (Å²) in [6.07, 6.45) is 5.97. The van der Waals surface area contributed by atoms with Crippen LogP contribution < -0.4 is 10.1 Å². The van der Waals surface area contributed by atoms with Crippen molar-refractivity contribution in [1.29, 1.82) is 0 Å². The van der Waals surface area contributed by atoms with Crippen molar-refractivity contribution in [3.63, 3.8) is 0 Å². The van der Waals surface area contributed by atoms with Crippen LogP contribution in [0, 0.1) is 5.82 Å². The van der Waals surface area contributed by atoms with Crippen molar-refractivity contribution in [2.45, 2.75) is 26.0 Å². The molecule has 0 atom stereocenters. The van der Waals surface area contributed by atoms with Crippen LogP contribution in [0.4, 0.5) is 15.9 Å². The number of ether oxygens (including phenoxy) is 1. The average molecular weight is 530 g/mol. The van der Waals surface area contributed by atoms with Crippen molar-refractivity contribution in [1.82, 2.24) is 29.9 Å². The summed E-state index contributed by atoms with van der Waals surface area (Å²) in [5.41, 5.74) is 4.08. The highest BCUT2D eigenvalue weighted by molar-refractivity contribution is 6.32. The zero-order chi connectivity index (χ0) is 25.9. The summed E-state index contributed by atoms with van der Waals surface area (Å²) in [5.74, 6) is 0.842. The van der Waals surface area contributed by atoms with Crippen molar-refractivity contribution >= 4 is 34.0 Å². The smallest absolute Gasteiger partial charge is 0.141 e. The number of halogens is 2. The van der Waals surface area contributed by atoms with Gasteiger partial charge in [-0.1, -0.05) is 28.9 Å². The Kier molecular flexibility index (Phi) is 6.85. The maximum Gasteiger partial charge on any atom is 0.141 e. The maximum atomic E-state index is 13.4. The van der Waals surface area contributed by atoms with E-state index in [9.17, 15) is 4.39 Å². The molecule has 1 aliphatic rings. The van der Waals surface area contributed by atoms with Crippen LogP contribution in [0.25, 0.3) is 16.6 Å². The quantitative estimate of drug-likeness (QED) is 0.267. The second kappa shape index (κ2) is 10.7. The molecule has 0 aliphatic carbocycles. The van der Waals surface area contributed by atoms with Crippen LogP contribution >= 0.6 is 11.6 Å². The Morgan fingerprint density at radius 2 is 1.89 bits per heavy atom. The molecule has 0 amide bonds. The molecule has 10 heteroatoms. The molecule has 1 fully saturated rings. The molecule has 1 aliphatic heterocycles. The summed E-state index contributed by atoms with van der Waals surface area (Å²) in [7, 11) is 0. The fourth-order valence-corrected chi connectivity index (χ4v) is 4.81. The summed E-state index contributed by atoms with van der Waals surface area (Å²) in [6, 6.07) is 17.6. The van der Waals surface area contributed by atoms with Crippen molar-refractivity contribution < 1.29 is 9.13 Å².